The van der Waals surface area contributed by atoms with Crippen LogP contribution in [0.5, 0.6) is 0 Å². The molecule has 0 aromatic carbocycles. The highest BCUT2D eigenvalue weighted by molar-refractivity contribution is 5.84. The van der Waals surface area contributed by atoms with E-state index in [-0.39, 0.29) is 0 Å². The van der Waals surface area contributed by atoms with Crippen molar-refractivity contribution in [3.05, 3.63) is 17.7 Å². The molecule has 0 spiro atoms. The van der Waals surface area contributed by atoms with Crippen molar-refractivity contribution < 1.29 is 0 Å². The molecular weight excluding hydrogens is 240 g/mol. The highest BCUT2D eigenvalue weighted by Crippen LogP contribution is 2.06. The Kier molecular flexibility index (Phi) is 3.48. The van der Waals surface area contributed by atoms with E-state index in [4.69, 9.17) is 0 Å². The van der Waals surface area contributed by atoms with Crippen molar-refractivity contribution in [3.8, 4) is 0 Å². The summed E-state index contributed by atoms with van der Waals surface area (Å²) >= 11 is 0. The second-order valence-corrected chi connectivity index (χ2v) is 5.11. The molecule has 2 aliphatic rings. The van der Waals surface area contributed by atoms with Crippen molar-refractivity contribution in [2.24, 2.45) is 9.98 Å². The maximum atomic E-state index is 4.47. The third-order valence-electron chi connectivity index (χ3n) is 3.41. The van der Waals surface area contributed by atoms with Crippen LogP contribution in [0.25, 0.3) is 0 Å². The Morgan fingerprint density at radius 1 is 1.37 bits per heavy atom. The van der Waals surface area contributed by atoms with E-state index in [1.807, 2.05) is 13.1 Å². The predicted molar refractivity (Wildman–Crippen MR) is 75.8 cm³/mol. The summed E-state index contributed by atoms with van der Waals surface area (Å²) in [6.07, 6.45) is 4.75. The Morgan fingerprint density at radius 3 is 3.05 bits per heavy atom. The molecule has 2 aliphatic heterocycles. The van der Waals surface area contributed by atoms with Gasteiger partial charge in [-0.3, -0.25) is 9.98 Å². The summed E-state index contributed by atoms with van der Waals surface area (Å²) in [4.78, 5) is 16.6. The summed E-state index contributed by atoms with van der Waals surface area (Å²) in [5.41, 5.74) is 1.12. The lowest BCUT2D eigenvalue weighted by molar-refractivity contribution is 0.634. The largest absolute Gasteiger partial charge is 0.373 e. The van der Waals surface area contributed by atoms with Crippen LogP contribution >= 0.6 is 0 Å². The molecule has 3 N–H and O–H groups in total. The first kappa shape index (κ1) is 12.2. The lowest BCUT2D eigenvalue weighted by Crippen LogP contribution is -2.31. The predicted octanol–water partition coefficient (Wildman–Crippen LogP) is 0.277. The van der Waals surface area contributed by atoms with E-state index in [2.05, 4.69) is 30.6 Å². The number of H-pyrrole nitrogens is 1. The number of rotatable bonds is 4. The topological polar surface area (TPSA) is 77.5 Å². The number of hydrogen-bond donors (Lipinski definition) is 3. The molecule has 0 saturated carbocycles. The van der Waals surface area contributed by atoms with Crippen molar-refractivity contribution >= 4 is 11.7 Å². The Balaban J connectivity index is 1.55. The number of hydrogen-bond acceptors (Lipinski definition) is 5. The molecule has 0 radical (unpaired) electrons. The molecule has 102 valence electrons. The zero-order valence-electron chi connectivity index (χ0n) is 11.2. The molecule has 6 heteroatoms. The van der Waals surface area contributed by atoms with Crippen LogP contribution in [0, 0.1) is 0 Å². The number of aromatic amines is 1. The minimum absolute atomic E-state index is 0.379. The van der Waals surface area contributed by atoms with Gasteiger partial charge in [0.1, 0.15) is 11.7 Å². The van der Waals surface area contributed by atoms with Crippen molar-refractivity contribution in [2.75, 3.05) is 19.6 Å². The quantitative estimate of drug-likeness (QED) is 0.727. The average Bonchev–Trinajstić information content (AvgIpc) is 3.01. The third kappa shape index (κ3) is 3.13. The van der Waals surface area contributed by atoms with Gasteiger partial charge in [0.15, 0.2) is 0 Å². The van der Waals surface area contributed by atoms with Gasteiger partial charge >= 0.3 is 0 Å². The summed E-state index contributed by atoms with van der Waals surface area (Å²) in [7, 11) is 0. The van der Waals surface area contributed by atoms with E-state index in [1.165, 1.54) is 0 Å². The van der Waals surface area contributed by atoms with Crippen LogP contribution < -0.4 is 10.6 Å². The van der Waals surface area contributed by atoms with Crippen molar-refractivity contribution in [3.63, 3.8) is 0 Å². The minimum atomic E-state index is 0.379. The summed E-state index contributed by atoms with van der Waals surface area (Å²) in [5, 5.41) is 6.67. The van der Waals surface area contributed by atoms with E-state index in [1.54, 1.807) is 0 Å². The molecule has 3 rings (SSSR count). The number of nitrogens with one attached hydrogen (secondary N) is 3. The monoisotopic (exact) mass is 260 g/mol. The number of amidine groups is 2. The summed E-state index contributed by atoms with van der Waals surface area (Å²) in [5.74, 6) is 3.12. The number of aliphatic imine (C=N–C) groups is 2. The van der Waals surface area contributed by atoms with Gasteiger partial charge in [0, 0.05) is 37.8 Å². The Morgan fingerprint density at radius 2 is 2.32 bits per heavy atom. The number of imidazole rings is 1. The van der Waals surface area contributed by atoms with Crippen molar-refractivity contribution in [2.45, 2.75) is 32.2 Å². The van der Waals surface area contributed by atoms with Gasteiger partial charge in [0.05, 0.1) is 18.4 Å². The van der Waals surface area contributed by atoms with E-state index < -0.39 is 0 Å². The molecule has 19 heavy (non-hydrogen) atoms. The zero-order chi connectivity index (χ0) is 13.1. The molecule has 1 aromatic heterocycles. The summed E-state index contributed by atoms with van der Waals surface area (Å²) in [6.45, 7) is 4.81. The van der Waals surface area contributed by atoms with Gasteiger partial charge in [-0.25, -0.2) is 4.98 Å². The molecule has 1 atom stereocenters. The fourth-order valence-corrected chi connectivity index (χ4v) is 2.46. The molecule has 0 bridgehead atoms. The molecule has 1 unspecified atom stereocenters. The molecule has 0 fully saturated rings. The van der Waals surface area contributed by atoms with Gasteiger partial charge < -0.3 is 15.6 Å². The van der Waals surface area contributed by atoms with E-state index in [0.29, 0.717) is 6.04 Å². The van der Waals surface area contributed by atoms with Crippen LogP contribution in [0.15, 0.2) is 16.2 Å². The Labute approximate surface area is 112 Å². The molecule has 0 amide bonds. The standard InChI is InChI=1S/C13H20N6/c1-9-16-7-10(18-9)6-13-17-8-11(19-13)5-12-14-3-2-4-15-12/h8,10H,2-7H2,1H3,(H,14,15)(H,16,18)(H,17,19). The van der Waals surface area contributed by atoms with Gasteiger partial charge in [-0.2, -0.15) is 0 Å². The maximum absolute atomic E-state index is 4.47. The Bertz CT molecular complexity index is 501. The van der Waals surface area contributed by atoms with Crippen LogP contribution in [-0.2, 0) is 12.8 Å². The molecule has 3 heterocycles. The second-order valence-electron chi connectivity index (χ2n) is 5.11. The molecule has 6 nitrogen and oxygen atoms in total. The van der Waals surface area contributed by atoms with E-state index in [0.717, 1.165) is 62.1 Å². The van der Waals surface area contributed by atoms with Crippen LogP contribution in [0.3, 0.4) is 0 Å². The lowest BCUT2D eigenvalue weighted by atomic mass is 10.2. The first-order valence-corrected chi connectivity index (χ1v) is 6.87. The fraction of sp³-hybridized carbons (Fsp3) is 0.615. The van der Waals surface area contributed by atoms with Gasteiger partial charge in [0.25, 0.3) is 0 Å². The average molecular weight is 260 g/mol. The number of nitrogens with zero attached hydrogens (tertiary/aromatic N) is 3. The molecular formula is C13H20N6. The summed E-state index contributed by atoms with van der Waals surface area (Å²) in [6, 6.07) is 0.379. The van der Waals surface area contributed by atoms with Gasteiger partial charge in [-0.1, -0.05) is 0 Å². The highest BCUT2D eigenvalue weighted by Gasteiger charge is 2.16. The van der Waals surface area contributed by atoms with Gasteiger partial charge in [-0.15, -0.1) is 0 Å². The first-order chi connectivity index (χ1) is 9.29. The SMILES string of the molecule is CC1=NCC(Cc2ncc(CC3=NCCCN3)[nH]2)N1. The van der Waals surface area contributed by atoms with E-state index >= 15 is 0 Å². The summed E-state index contributed by atoms with van der Waals surface area (Å²) < 4.78 is 0. The highest BCUT2D eigenvalue weighted by atomic mass is 15.1. The number of aromatic nitrogens is 2. The Hall–Kier alpha value is -1.85. The fourth-order valence-electron chi connectivity index (χ4n) is 2.46. The maximum Gasteiger partial charge on any atom is 0.108 e. The zero-order valence-corrected chi connectivity index (χ0v) is 11.2. The van der Waals surface area contributed by atoms with Crippen LogP contribution in [-0.4, -0.2) is 47.3 Å². The van der Waals surface area contributed by atoms with Gasteiger partial charge in [-0.05, 0) is 13.3 Å². The van der Waals surface area contributed by atoms with Crippen LogP contribution in [0.2, 0.25) is 0 Å². The van der Waals surface area contributed by atoms with Crippen molar-refractivity contribution in [1.82, 2.24) is 20.6 Å². The van der Waals surface area contributed by atoms with Crippen LogP contribution in [0.4, 0.5) is 0 Å². The first-order valence-electron chi connectivity index (χ1n) is 6.87. The van der Waals surface area contributed by atoms with Crippen molar-refractivity contribution in [1.29, 1.82) is 0 Å². The lowest BCUT2D eigenvalue weighted by Gasteiger charge is -2.13. The normalized spacial score (nSPS) is 22.5. The minimum Gasteiger partial charge on any atom is -0.373 e. The molecule has 0 aliphatic carbocycles. The third-order valence-corrected chi connectivity index (χ3v) is 3.41. The van der Waals surface area contributed by atoms with E-state index in [9.17, 15) is 0 Å². The smallest absolute Gasteiger partial charge is 0.108 e. The molecule has 0 saturated heterocycles. The van der Waals surface area contributed by atoms with Gasteiger partial charge in [0.2, 0.25) is 0 Å². The molecule has 1 aromatic rings. The second kappa shape index (κ2) is 5.42. The van der Waals surface area contributed by atoms with Crippen LogP contribution in [0.1, 0.15) is 24.9 Å².